The van der Waals surface area contributed by atoms with Crippen molar-refractivity contribution >= 4 is 16.0 Å². The molecule has 2 rings (SSSR count). The molecular formula is C16H16NO6S-. The lowest BCUT2D eigenvalue weighted by molar-refractivity contribution is -0.307. The number of carbonyl (C=O) groups is 1. The predicted octanol–water partition coefficient (Wildman–Crippen LogP) is 0.904. The second-order valence-electron chi connectivity index (χ2n) is 4.89. The smallest absolute Gasteiger partial charge is 0.241 e. The summed E-state index contributed by atoms with van der Waals surface area (Å²) in [6.45, 7) is 1.19. The first-order chi connectivity index (χ1) is 11.3. The summed E-state index contributed by atoms with van der Waals surface area (Å²) in [6, 6.07) is 11.2. The molecule has 0 aliphatic rings. The fraction of sp³-hybridized carbons (Fsp3) is 0.188. The van der Waals surface area contributed by atoms with Crippen LogP contribution >= 0.6 is 0 Å². The molecule has 0 spiro atoms. The van der Waals surface area contributed by atoms with Gasteiger partial charge in [-0.1, -0.05) is 12.1 Å². The van der Waals surface area contributed by atoms with Gasteiger partial charge >= 0.3 is 0 Å². The molecule has 0 bridgehead atoms. The minimum absolute atomic E-state index is 0.0806. The molecule has 0 amide bonds. The van der Waals surface area contributed by atoms with Gasteiger partial charge in [-0.25, -0.2) is 13.1 Å². The van der Waals surface area contributed by atoms with Gasteiger partial charge in [0.2, 0.25) is 10.0 Å². The lowest BCUT2D eigenvalue weighted by Gasteiger charge is -2.15. The highest BCUT2D eigenvalue weighted by Crippen LogP contribution is 2.31. The van der Waals surface area contributed by atoms with E-state index in [0.717, 1.165) is 0 Å². The SMILES string of the molecule is COc1ccccc1Oc1ccc(S(=O)(=O)NC(C)C(=O)[O-])cc1. The highest BCUT2D eigenvalue weighted by atomic mass is 32.2. The van der Waals surface area contributed by atoms with Gasteiger partial charge in [-0.15, -0.1) is 0 Å². The Hall–Kier alpha value is -2.58. The Morgan fingerprint density at radius 3 is 2.21 bits per heavy atom. The van der Waals surface area contributed by atoms with Gasteiger partial charge in [0.05, 0.1) is 24.0 Å². The number of para-hydroxylation sites is 2. The molecule has 1 unspecified atom stereocenters. The molecule has 2 aromatic rings. The van der Waals surface area contributed by atoms with Gasteiger partial charge in [0.25, 0.3) is 0 Å². The molecule has 1 N–H and O–H groups in total. The Morgan fingerprint density at radius 1 is 1.08 bits per heavy atom. The third kappa shape index (κ3) is 4.24. The van der Waals surface area contributed by atoms with Crippen LogP contribution < -0.4 is 19.3 Å². The van der Waals surface area contributed by atoms with Crippen LogP contribution in [-0.2, 0) is 14.8 Å². The molecule has 0 saturated heterocycles. The third-order valence-corrected chi connectivity index (χ3v) is 4.67. The van der Waals surface area contributed by atoms with Crippen LogP contribution in [0.25, 0.3) is 0 Å². The van der Waals surface area contributed by atoms with Crippen molar-refractivity contribution in [3.63, 3.8) is 0 Å². The van der Waals surface area contributed by atoms with Gasteiger partial charge < -0.3 is 19.4 Å². The number of hydrogen-bond acceptors (Lipinski definition) is 6. The number of carbonyl (C=O) groups excluding carboxylic acids is 1. The van der Waals surface area contributed by atoms with Crippen LogP contribution in [0.5, 0.6) is 17.2 Å². The summed E-state index contributed by atoms with van der Waals surface area (Å²) < 4.78 is 36.9. The minimum atomic E-state index is -3.96. The molecule has 0 aliphatic heterocycles. The number of carboxylic acid groups (broad SMARTS) is 1. The predicted molar refractivity (Wildman–Crippen MR) is 84.3 cm³/mol. The van der Waals surface area contributed by atoms with Crippen LogP contribution in [0.1, 0.15) is 6.92 Å². The van der Waals surface area contributed by atoms with Crippen LogP contribution in [0.2, 0.25) is 0 Å². The summed E-state index contributed by atoms with van der Waals surface area (Å²) in [5, 5.41) is 10.7. The summed E-state index contributed by atoms with van der Waals surface area (Å²) in [4.78, 5) is 10.6. The lowest BCUT2D eigenvalue weighted by atomic mass is 10.3. The molecule has 1 atom stereocenters. The summed E-state index contributed by atoms with van der Waals surface area (Å²) in [7, 11) is -2.44. The van der Waals surface area contributed by atoms with E-state index in [9.17, 15) is 18.3 Å². The number of aliphatic carboxylic acids is 1. The number of benzene rings is 2. The Morgan fingerprint density at radius 2 is 1.67 bits per heavy atom. The van der Waals surface area contributed by atoms with E-state index in [1.165, 1.54) is 38.3 Å². The summed E-state index contributed by atoms with van der Waals surface area (Å²) in [5.74, 6) is -0.0703. The van der Waals surface area contributed by atoms with Crippen LogP contribution in [0, 0.1) is 0 Å². The molecule has 0 radical (unpaired) electrons. The number of methoxy groups -OCH3 is 1. The van der Waals surface area contributed by atoms with Gasteiger partial charge in [-0.05, 0) is 43.3 Å². The van der Waals surface area contributed by atoms with Gasteiger partial charge in [-0.2, -0.15) is 0 Å². The van der Waals surface area contributed by atoms with E-state index in [1.807, 2.05) is 4.72 Å². The van der Waals surface area contributed by atoms with Crippen molar-refractivity contribution in [1.82, 2.24) is 4.72 Å². The van der Waals surface area contributed by atoms with Crippen LogP contribution in [0.15, 0.2) is 53.4 Å². The molecule has 0 fully saturated rings. The van der Waals surface area contributed by atoms with Gasteiger partial charge in [0.15, 0.2) is 11.5 Å². The monoisotopic (exact) mass is 350 g/mol. The first kappa shape index (κ1) is 17.8. The number of ether oxygens (including phenoxy) is 2. The molecule has 0 aromatic heterocycles. The van der Waals surface area contributed by atoms with E-state index < -0.39 is 22.0 Å². The van der Waals surface area contributed by atoms with Crippen molar-refractivity contribution in [3.8, 4) is 17.2 Å². The summed E-state index contributed by atoms with van der Waals surface area (Å²) in [6.07, 6.45) is 0. The molecule has 128 valence electrons. The van der Waals surface area contributed by atoms with Crippen molar-refractivity contribution in [2.24, 2.45) is 0 Å². The molecule has 7 nitrogen and oxygen atoms in total. The molecule has 8 heteroatoms. The van der Waals surface area contributed by atoms with Crippen molar-refractivity contribution in [2.45, 2.75) is 17.9 Å². The Kier molecular flexibility index (Phi) is 5.42. The first-order valence-electron chi connectivity index (χ1n) is 6.97. The highest BCUT2D eigenvalue weighted by molar-refractivity contribution is 7.89. The maximum Gasteiger partial charge on any atom is 0.241 e. The molecule has 0 saturated carbocycles. The molecule has 0 aliphatic carbocycles. The zero-order valence-corrected chi connectivity index (χ0v) is 13.9. The van der Waals surface area contributed by atoms with Crippen molar-refractivity contribution in [3.05, 3.63) is 48.5 Å². The Bertz CT molecular complexity index is 817. The molecule has 24 heavy (non-hydrogen) atoms. The standard InChI is InChI=1S/C16H17NO6S/c1-11(16(18)19)17-24(20,21)13-9-7-12(8-10-13)23-15-6-4-3-5-14(15)22-2/h3-11,17H,1-2H3,(H,18,19)/p-1. The maximum absolute atomic E-state index is 12.1. The third-order valence-electron chi connectivity index (χ3n) is 3.12. The van der Waals surface area contributed by atoms with E-state index in [0.29, 0.717) is 17.2 Å². The van der Waals surface area contributed by atoms with Gasteiger partial charge in [0.1, 0.15) is 5.75 Å². The lowest BCUT2D eigenvalue weighted by Crippen LogP contribution is -2.45. The topological polar surface area (TPSA) is 105 Å². The Labute approximate surface area is 139 Å². The Balaban J connectivity index is 2.17. The average Bonchev–Trinajstić information content (AvgIpc) is 2.55. The molecule has 2 aromatic carbocycles. The first-order valence-corrected chi connectivity index (χ1v) is 8.46. The zero-order chi connectivity index (χ0) is 17.7. The van der Waals surface area contributed by atoms with Crippen LogP contribution in [0.4, 0.5) is 0 Å². The van der Waals surface area contributed by atoms with Crippen LogP contribution in [-0.4, -0.2) is 27.5 Å². The van der Waals surface area contributed by atoms with Gasteiger partial charge in [-0.3, -0.25) is 0 Å². The summed E-state index contributed by atoms with van der Waals surface area (Å²) in [5.41, 5.74) is 0. The van der Waals surface area contributed by atoms with E-state index in [-0.39, 0.29) is 4.90 Å². The van der Waals surface area contributed by atoms with E-state index in [1.54, 1.807) is 24.3 Å². The highest BCUT2D eigenvalue weighted by Gasteiger charge is 2.18. The largest absolute Gasteiger partial charge is 0.548 e. The molecular weight excluding hydrogens is 334 g/mol. The number of rotatable bonds is 7. The van der Waals surface area contributed by atoms with Gasteiger partial charge in [0, 0.05) is 0 Å². The number of sulfonamides is 1. The number of carboxylic acids is 1. The maximum atomic E-state index is 12.1. The second-order valence-corrected chi connectivity index (χ2v) is 6.60. The average molecular weight is 350 g/mol. The van der Waals surface area contributed by atoms with E-state index in [4.69, 9.17) is 9.47 Å². The van der Waals surface area contributed by atoms with Crippen molar-refractivity contribution < 1.29 is 27.8 Å². The minimum Gasteiger partial charge on any atom is -0.548 e. The molecule has 0 heterocycles. The normalized spacial score (nSPS) is 12.4. The fourth-order valence-corrected chi connectivity index (χ4v) is 3.06. The quantitative estimate of drug-likeness (QED) is 0.796. The van der Waals surface area contributed by atoms with E-state index in [2.05, 4.69) is 0 Å². The number of hydrogen-bond donors (Lipinski definition) is 1. The number of nitrogens with one attached hydrogen (secondary N) is 1. The van der Waals surface area contributed by atoms with Crippen LogP contribution in [0.3, 0.4) is 0 Å². The zero-order valence-electron chi connectivity index (χ0n) is 13.1. The summed E-state index contributed by atoms with van der Waals surface area (Å²) >= 11 is 0. The van der Waals surface area contributed by atoms with Crippen molar-refractivity contribution in [2.75, 3.05) is 7.11 Å². The fourth-order valence-electron chi connectivity index (χ4n) is 1.87. The van der Waals surface area contributed by atoms with Crippen molar-refractivity contribution in [1.29, 1.82) is 0 Å². The van der Waals surface area contributed by atoms with E-state index >= 15 is 0 Å². The second kappa shape index (κ2) is 7.33.